The van der Waals surface area contributed by atoms with E-state index in [0.717, 1.165) is 12.8 Å². The maximum atomic E-state index is 13.9. The molecule has 0 aromatic heterocycles. The number of amides is 1. The molecule has 1 aromatic rings. The Hall–Kier alpha value is -2.13. The van der Waals surface area contributed by atoms with Crippen molar-refractivity contribution in [1.29, 1.82) is 5.26 Å². The molecule has 0 spiro atoms. The quantitative estimate of drug-likeness (QED) is 0.795. The van der Waals surface area contributed by atoms with Gasteiger partial charge in [-0.2, -0.15) is 5.26 Å². The Bertz CT molecular complexity index is 548. The average molecular weight is 291 g/mol. The van der Waals surface area contributed by atoms with E-state index in [1.54, 1.807) is 18.2 Å². The number of nitrogens with zero attached hydrogens (tertiary/aromatic N) is 1. The molecule has 1 aliphatic rings. The molecule has 1 aliphatic carbocycles. The number of benzene rings is 1. The molecule has 2 rings (SSSR count). The topological polar surface area (TPSA) is 85.2 Å². The minimum atomic E-state index is -0.540. The Morgan fingerprint density at radius 2 is 2.10 bits per heavy atom. The van der Waals surface area contributed by atoms with Crippen LogP contribution in [0.4, 0.5) is 15.8 Å². The molecule has 3 N–H and O–H groups in total. The van der Waals surface area contributed by atoms with Crippen LogP contribution in [-0.4, -0.2) is 23.2 Å². The van der Waals surface area contributed by atoms with Crippen molar-refractivity contribution < 1.29 is 14.3 Å². The molecule has 0 saturated heterocycles. The number of carbonyl (C=O) groups is 1. The highest BCUT2D eigenvalue weighted by Crippen LogP contribution is 2.29. The third-order valence-corrected chi connectivity index (χ3v) is 3.57. The summed E-state index contributed by atoms with van der Waals surface area (Å²) in [7, 11) is 0. The highest BCUT2D eigenvalue weighted by Gasteiger charge is 2.21. The fraction of sp³-hybridized carbons (Fsp3) is 0.467. The molecule has 0 bridgehead atoms. The van der Waals surface area contributed by atoms with Gasteiger partial charge in [0.2, 0.25) is 5.91 Å². The van der Waals surface area contributed by atoms with E-state index < -0.39 is 11.7 Å². The Morgan fingerprint density at radius 3 is 2.76 bits per heavy atom. The first-order valence-corrected chi connectivity index (χ1v) is 7.00. The maximum Gasteiger partial charge on any atom is 0.238 e. The van der Waals surface area contributed by atoms with E-state index >= 15 is 0 Å². The first-order chi connectivity index (χ1) is 10.1. The van der Waals surface area contributed by atoms with E-state index in [4.69, 9.17) is 5.26 Å². The zero-order valence-corrected chi connectivity index (χ0v) is 11.6. The summed E-state index contributed by atoms with van der Waals surface area (Å²) >= 11 is 0. The van der Waals surface area contributed by atoms with Crippen LogP contribution in [0, 0.1) is 17.1 Å². The molecule has 0 heterocycles. The lowest BCUT2D eigenvalue weighted by atomic mass is 9.93. The molecule has 1 saturated carbocycles. The monoisotopic (exact) mass is 291 g/mol. The van der Waals surface area contributed by atoms with Gasteiger partial charge in [-0.15, -0.1) is 0 Å². The minimum absolute atomic E-state index is 0.0730. The number of carbonyl (C=O) groups excluding carboxylic acids is 1. The first-order valence-electron chi connectivity index (χ1n) is 7.00. The van der Waals surface area contributed by atoms with Crippen LogP contribution in [0.15, 0.2) is 18.2 Å². The Labute approximate surface area is 122 Å². The smallest absolute Gasteiger partial charge is 0.238 e. The van der Waals surface area contributed by atoms with Crippen molar-refractivity contribution in [2.24, 2.45) is 0 Å². The number of nitriles is 1. The summed E-state index contributed by atoms with van der Waals surface area (Å²) in [6.07, 6.45) is 2.44. The molecule has 21 heavy (non-hydrogen) atoms. The second-order valence-corrected chi connectivity index (χ2v) is 5.20. The van der Waals surface area contributed by atoms with Gasteiger partial charge in [-0.1, -0.05) is 6.07 Å². The van der Waals surface area contributed by atoms with Gasteiger partial charge < -0.3 is 15.7 Å². The molecular weight excluding hydrogens is 273 g/mol. The predicted octanol–water partition coefficient (Wildman–Crippen LogP) is 2.39. The molecule has 1 fully saturated rings. The van der Waals surface area contributed by atoms with Gasteiger partial charge in [-0.3, -0.25) is 4.79 Å². The van der Waals surface area contributed by atoms with E-state index in [0.29, 0.717) is 18.5 Å². The SMILES string of the molecule is N#CCC(=O)Nc1c(F)cccc1NC1CCC(O)CC1. The van der Waals surface area contributed by atoms with Crippen LogP contribution >= 0.6 is 0 Å². The lowest BCUT2D eigenvalue weighted by Crippen LogP contribution is -2.28. The van der Waals surface area contributed by atoms with Gasteiger partial charge in [0.05, 0.1) is 17.9 Å². The van der Waals surface area contributed by atoms with Crippen molar-refractivity contribution in [3.8, 4) is 6.07 Å². The number of hydrogen-bond acceptors (Lipinski definition) is 4. The molecule has 6 heteroatoms. The second kappa shape index (κ2) is 7.04. The maximum absolute atomic E-state index is 13.9. The van der Waals surface area contributed by atoms with Gasteiger partial charge in [0.1, 0.15) is 17.9 Å². The summed E-state index contributed by atoms with van der Waals surface area (Å²) in [5.74, 6) is -1.08. The van der Waals surface area contributed by atoms with E-state index in [9.17, 15) is 14.3 Å². The number of anilines is 2. The first kappa shape index (κ1) is 15.3. The molecule has 0 aliphatic heterocycles. The van der Waals surface area contributed by atoms with Crippen LogP contribution in [0.5, 0.6) is 0 Å². The molecule has 5 nitrogen and oxygen atoms in total. The van der Waals surface area contributed by atoms with Crippen LogP contribution in [-0.2, 0) is 4.79 Å². The number of rotatable bonds is 4. The van der Waals surface area contributed by atoms with Gasteiger partial charge in [0, 0.05) is 6.04 Å². The Kier molecular flexibility index (Phi) is 5.12. The lowest BCUT2D eigenvalue weighted by Gasteiger charge is -2.28. The van der Waals surface area contributed by atoms with Gasteiger partial charge in [0.15, 0.2) is 0 Å². The van der Waals surface area contributed by atoms with E-state index in [1.165, 1.54) is 6.07 Å². The van der Waals surface area contributed by atoms with Crippen LogP contribution < -0.4 is 10.6 Å². The molecule has 1 aromatic carbocycles. The highest BCUT2D eigenvalue weighted by atomic mass is 19.1. The molecule has 0 unspecified atom stereocenters. The van der Waals surface area contributed by atoms with Crippen molar-refractivity contribution in [1.82, 2.24) is 0 Å². The van der Waals surface area contributed by atoms with Crippen molar-refractivity contribution in [3.63, 3.8) is 0 Å². The van der Waals surface area contributed by atoms with Gasteiger partial charge >= 0.3 is 0 Å². The summed E-state index contributed by atoms with van der Waals surface area (Å²) < 4.78 is 13.9. The predicted molar refractivity (Wildman–Crippen MR) is 77.1 cm³/mol. The number of aliphatic hydroxyl groups is 1. The normalized spacial score (nSPS) is 21.4. The lowest BCUT2D eigenvalue weighted by molar-refractivity contribution is -0.115. The number of nitrogens with one attached hydrogen (secondary N) is 2. The van der Waals surface area contributed by atoms with Gasteiger partial charge in [0.25, 0.3) is 0 Å². The summed E-state index contributed by atoms with van der Waals surface area (Å²) in [6.45, 7) is 0. The van der Waals surface area contributed by atoms with E-state index in [1.807, 2.05) is 0 Å². The van der Waals surface area contributed by atoms with Crippen molar-refractivity contribution in [2.45, 2.75) is 44.2 Å². The average Bonchev–Trinajstić information content (AvgIpc) is 2.45. The van der Waals surface area contributed by atoms with Crippen LogP contribution in [0.2, 0.25) is 0 Å². The molecular formula is C15H18FN3O2. The number of aliphatic hydroxyl groups excluding tert-OH is 1. The Balaban J connectivity index is 2.10. The van der Waals surface area contributed by atoms with E-state index in [-0.39, 0.29) is 24.3 Å². The summed E-state index contributed by atoms with van der Waals surface area (Å²) in [4.78, 5) is 11.5. The van der Waals surface area contributed by atoms with Crippen molar-refractivity contribution in [2.75, 3.05) is 10.6 Å². The number of hydrogen-bond donors (Lipinski definition) is 3. The summed E-state index contributed by atoms with van der Waals surface area (Å²) in [5, 5.41) is 23.6. The second-order valence-electron chi connectivity index (χ2n) is 5.20. The minimum Gasteiger partial charge on any atom is -0.393 e. The number of para-hydroxylation sites is 1. The van der Waals surface area contributed by atoms with Crippen molar-refractivity contribution in [3.05, 3.63) is 24.0 Å². The zero-order chi connectivity index (χ0) is 15.2. The summed E-state index contributed by atoms with van der Waals surface area (Å²) in [5.41, 5.74) is 0.576. The fourth-order valence-corrected chi connectivity index (χ4v) is 2.47. The highest BCUT2D eigenvalue weighted by molar-refractivity contribution is 5.95. The molecule has 0 radical (unpaired) electrons. The van der Waals surface area contributed by atoms with Crippen molar-refractivity contribution >= 4 is 17.3 Å². The van der Waals surface area contributed by atoms with Gasteiger partial charge in [-0.25, -0.2) is 4.39 Å². The van der Waals surface area contributed by atoms with E-state index in [2.05, 4.69) is 10.6 Å². The summed E-state index contributed by atoms with van der Waals surface area (Å²) in [6, 6.07) is 6.39. The van der Waals surface area contributed by atoms with Crippen LogP contribution in [0.3, 0.4) is 0 Å². The largest absolute Gasteiger partial charge is 0.393 e. The molecule has 112 valence electrons. The van der Waals surface area contributed by atoms with Gasteiger partial charge in [-0.05, 0) is 37.8 Å². The van der Waals surface area contributed by atoms with Crippen LogP contribution in [0.25, 0.3) is 0 Å². The van der Waals surface area contributed by atoms with Crippen LogP contribution in [0.1, 0.15) is 32.1 Å². The third kappa shape index (κ3) is 4.17. The Morgan fingerprint density at radius 1 is 1.38 bits per heavy atom. The third-order valence-electron chi connectivity index (χ3n) is 3.57. The molecule has 1 amide bonds. The molecule has 0 atom stereocenters. The zero-order valence-electron chi connectivity index (χ0n) is 11.6. The standard InChI is InChI=1S/C15H18FN3O2/c16-12-2-1-3-13(15(12)19-14(21)8-9-17)18-10-4-6-11(20)7-5-10/h1-3,10-11,18,20H,4-8H2,(H,19,21). The fourth-order valence-electron chi connectivity index (χ4n) is 2.47. The number of halogens is 1.